The maximum atomic E-state index is 13.5. The first kappa shape index (κ1) is 16.6. The number of hydrogen-bond acceptors (Lipinski definition) is 2. The van der Waals surface area contributed by atoms with Crippen LogP contribution in [0.4, 0.5) is 17.6 Å². The molecule has 1 aromatic carbocycles. The lowest BCUT2D eigenvalue weighted by molar-refractivity contribution is -0.325. The van der Waals surface area contributed by atoms with Crippen molar-refractivity contribution in [1.82, 2.24) is 0 Å². The lowest BCUT2D eigenvalue weighted by Gasteiger charge is -2.09. The highest BCUT2D eigenvalue weighted by atomic mass is 35.5. The molecule has 0 aromatic heterocycles. The predicted molar refractivity (Wildman–Crippen MR) is 66.1 cm³/mol. The second-order valence-electron chi connectivity index (χ2n) is 3.53. The number of ether oxygens (including phenoxy) is 2. The quantitative estimate of drug-likeness (QED) is 0.357. The molecule has 0 bridgehead atoms. The SMILES string of the molecule is Fc1cc(OCCOC(F)(F)F)ccc1C#CCCCl. The van der Waals surface area contributed by atoms with Gasteiger partial charge in [0.15, 0.2) is 0 Å². The first-order valence-electron chi connectivity index (χ1n) is 5.60. The molecule has 1 rings (SSSR count). The van der Waals surface area contributed by atoms with Gasteiger partial charge in [0.25, 0.3) is 0 Å². The third kappa shape index (κ3) is 6.64. The van der Waals surface area contributed by atoms with Gasteiger partial charge >= 0.3 is 6.36 Å². The van der Waals surface area contributed by atoms with Gasteiger partial charge in [0, 0.05) is 18.4 Å². The Kier molecular flexibility index (Phi) is 6.62. The molecule has 110 valence electrons. The normalized spacial score (nSPS) is 10.8. The van der Waals surface area contributed by atoms with Gasteiger partial charge in [-0.15, -0.1) is 24.8 Å². The van der Waals surface area contributed by atoms with Crippen LogP contribution in [0.25, 0.3) is 0 Å². The molecule has 0 aliphatic heterocycles. The van der Waals surface area contributed by atoms with Gasteiger partial charge in [0.05, 0.1) is 12.2 Å². The summed E-state index contributed by atoms with van der Waals surface area (Å²) in [6.07, 6.45) is -4.26. The number of alkyl halides is 4. The van der Waals surface area contributed by atoms with Crippen LogP contribution in [0.3, 0.4) is 0 Å². The molecule has 20 heavy (non-hydrogen) atoms. The Balaban J connectivity index is 2.50. The number of halogens is 5. The number of benzene rings is 1. The maximum absolute atomic E-state index is 13.5. The molecular formula is C13H11ClF4O2. The van der Waals surface area contributed by atoms with Crippen molar-refractivity contribution in [2.24, 2.45) is 0 Å². The first-order chi connectivity index (χ1) is 9.42. The minimum absolute atomic E-state index is 0.108. The second kappa shape index (κ2) is 7.98. The van der Waals surface area contributed by atoms with E-state index < -0.39 is 18.8 Å². The molecule has 0 spiro atoms. The van der Waals surface area contributed by atoms with E-state index in [0.29, 0.717) is 12.3 Å². The van der Waals surface area contributed by atoms with E-state index in [-0.39, 0.29) is 17.9 Å². The van der Waals surface area contributed by atoms with E-state index in [1.165, 1.54) is 12.1 Å². The Bertz CT molecular complexity index is 491. The van der Waals surface area contributed by atoms with Crippen LogP contribution in [0, 0.1) is 17.7 Å². The minimum Gasteiger partial charge on any atom is -0.491 e. The fourth-order valence-electron chi connectivity index (χ4n) is 1.21. The lowest BCUT2D eigenvalue weighted by Crippen LogP contribution is -2.18. The van der Waals surface area contributed by atoms with Crippen molar-refractivity contribution in [1.29, 1.82) is 0 Å². The zero-order chi connectivity index (χ0) is 15.0. The van der Waals surface area contributed by atoms with Crippen molar-refractivity contribution in [3.63, 3.8) is 0 Å². The maximum Gasteiger partial charge on any atom is 0.522 e. The molecule has 0 heterocycles. The molecule has 0 saturated carbocycles. The fraction of sp³-hybridized carbons (Fsp3) is 0.385. The predicted octanol–water partition coefficient (Wildman–Crippen LogP) is 3.72. The Morgan fingerprint density at radius 2 is 1.95 bits per heavy atom. The summed E-state index contributed by atoms with van der Waals surface area (Å²) >= 11 is 5.43. The van der Waals surface area contributed by atoms with Crippen molar-refractivity contribution < 1.29 is 27.0 Å². The summed E-state index contributed by atoms with van der Waals surface area (Å²) in [6, 6.07) is 3.86. The molecule has 0 aliphatic rings. The van der Waals surface area contributed by atoms with Crippen molar-refractivity contribution in [2.45, 2.75) is 12.8 Å². The van der Waals surface area contributed by atoms with E-state index in [4.69, 9.17) is 16.3 Å². The molecule has 0 saturated heterocycles. The summed E-state index contributed by atoms with van der Waals surface area (Å²) in [5.74, 6) is 5.12. The monoisotopic (exact) mass is 310 g/mol. The average Bonchev–Trinajstić information content (AvgIpc) is 2.36. The van der Waals surface area contributed by atoms with Crippen molar-refractivity contribution in [3.05, 3.63) is 29.6 Å². The van der Waals surface area contributed by atoms with Crippen LogP contribution >= 0.6 is 11.6 Å². The summed E-state index contributed by atoms with van der Waals surface area (Å²) in [4.78, 5) is 0. The minimum atomic E-state index is -4.70. The smallest absolute Gasteiger partial charge is 0.491 e. The molecule has 0 amide bonds. The molecule has 0 aliphatic carbocycles. The third-order valence-corrected chi connectivity index (χ3v) is 2.19. The van der Waals surface area contributed by atoms with Gasteiger partial charge in [-0.3, -0.25) is 4.74 Å². The van der Waals surface area contributed by atoms with Crippen LogP contribution in [-0.2, 0) is 4.74 Å². The summed E-state index contributed by atoms with van der Waals surface area (Å²) < 4.78 is 57.0. The van der Waals surface area contributed by atoms with E-state index in [2.05, 4.69) is 16.6 Å². The van der Waals surface area contributed by atoms with E-state index >= 15 is 0 Å². The molecule has 0 radical (unpaired) electrons. The van der Waals surface area contributed by atoms with Crippen LogP contribution in [0.1, 0.15) is 12.0 Å². The highest BCUT2D eigenvalue weighted by Gasteiger charge is 2.28. The fourth-order valence-corrected chi connectivity index (χ4v) is 1.30. The number of hydrogen-bond donors (Lipinski definition) is 0. The lowest BCUT2D eigenvalue weighted by atomic mass is 10.2. The van der Waals surface area contributed by atoms with E-state index in [9.17, 15) is 17.6 Å². The molecule has 2 nitrogen and oxygen atoms in total. The molecule has 7 heteroatoms. The van der Waals surface area contributed by atoms with Crippen molar-refractivity contribution in [2.75, 3.05) is 19.1 Å². The van der Waals surface area contributed by atoms with E-state index in [0.717, 1.165) is 6.07 Å². The van der Waals surface area contributed by atoms with E-state index in [1.54, 1.807) is 0 Å². The van der Waals surface area contributed by atoms with Crippen LogP contribution < -0.4 is 4.74 Å². The number of rotatable bonds is 5. The van der Waals surface area contributed by atoms with Gasteiger partial charge in [-0.2, -0.15) is 0 Å². The highest BCUT2D eigenvalue weighted by Crippen LogP contribution is 2.18. The van der Waals surface area contributed by atoms with Crippen LogP contribution in [0.2, 0.25) is 0 Å². The van der Waals surface area contributed by atoms with Crippen molar-refractivity contribution >= 4 is 11.6 Å². The standard InChI is InChI=1S/C13H11ClF4O2/c14-6-2-1-3-10-4-5-11(9-12(10)15)19-7-8-20-13(16,17)18/h4-5,9H,2,6-8H2. The van der Waals surface area contributed by atoms with Crippen LogP contribution in [0.5, 0.6) is 5.75 Å². The molecule has 1 aromatic rings. The van der Waals surface area contributed by atoms with Gasteiger partial charge in [0.2, 0.25) is 0 Å². The van der Waals surface area contributed by atoms with Gasteiger partial charge in [-0.25, -0.2) is 4.39 Å². The van der Waals surface area contributed by atoms with Gasteiger partial charge in [-0.05, 0) is 12.1 Å². The molecule has 0 atom stereocenters. The Morgan fingerprint density at radius 1 is 1.20 bits per heavy atom. The van der Waals surface area contributed by atoms with Crippen LogP contribution in [-0.4, -0.2) is 25.5 Å². The van der Waals surface area contributed by atoms with Crippen LogP contribution in [0.15, 0.2) is 18.2 Å². The van der Waals surface area contributed by atoms with Gasteiger partial charge in [0.1, 0.15) is 18.2 Å². The van der Waals surface area contributed by atoms with Gasteiger partial charge in [-0.1, -0.05) is 11.8 Å². The zero-order valence-electron chi connectivity index (χ0n) is 10.3. The summed E-state index contributed by atoms with van der Waals surface area (Å²) in [5, 5.41) is 0. The largest absolute Gasteiger partial charge is 0.522 e. The second-order valence-corrected chi connectivity index (χ2v) is 3.90. The first-order valence-corrected chi connectivity index (χ1v) is 6.13. The average molecular weight is 311 g/mol. The Morgan fingerprint density at radius 3 is 2.55 bits per heavy atom. The van der Waals surface area contributed by atoms with Gasteiger partial charge < -0.3 is 4.74 Å². The Hall–Kier alpha value is -1.45. The highest BCUT2D eigenvalue weighted by molar-refractivity contribution is 6.18. The molecule has 0 unspecified atom stereocenters. The summed E-state index contributed by atoms with van der Waals surface area (Å²) in [5.41, 5.74) is 0.175. The molecular weight excluding hydrogens is 300 g/mol. The molecule has 0 fully saturated rings. The summed E-state index contributed by atoms with van der Waals surface area (Å²) in [6.45, 7) is -1.00. The molecule has 0 N–H and O–H groups in total. The summed E-state index contributed by atoms with van der Waals surface area (Å²) in [7, 11) is 0. The van der Waals surface area contributed by atoms with Crippen molar-refractivity contribution in [3.8, 4) is 17.6 Å². The van der Waals surface area contributed by atoms with E-state index in [1.807, 2.05) is 0 Å². The topological polar surface area (TPSA) is 18.5 Å². The zero-order valence-corrected chi connectivity index (χ0v) is 11.0. The third-order valence-electron chi connectivity index (χ3n) is 2.00. The Labute approximate surface area is 118 Å².